The largest absolute Gasteiger partial charge is 0.298 e. The highest BCUT2D eigenvalue weighted by Crippen LogP contribution is 2.29. The first-order valence-corrected chi connectivity index (χ1v) is 7.66. The third kappa shape index (κ3) is 2.64. The van der Waals surface area contributed by atoms with Crippen LogP contribution in [0.25, 0.3) is 16.3 Å². The molecule has 0 aliphatic heterocycles. The van der Waals surface area contributed by atoms with Crippen LogP contribution in [0, 0.1) is 13.8 Å². The molecule has 0 amide bonds. The van der Waals surface area contributed by atoms with Crippen LogP contribution in [-0.4, -0.2) is 16.1 Å². The van der Waals surface area contributed by atoms with E-state index in [-0.39, 0.29) is 0 Å². The molecule has 0 fully saturated rings. The number of aryl methyl sites for hydroxylation is 2. The van der Waals surface area contributed by atoms with Gasteiger partial charge in [-0.05, 0) is 43.7 Å². The molecule has 2 heterocycles. The summed E-state index contributed by atoms with van der Waals surface area (Å²) in [7, 11) is 0. The van der Waals surface area contributed by atoms with Gasteiger partial charge in [0.15, 0.2) is 6.29 Å². The number of carbonyl (C=O) groups is 1. The number of benzene rings is 1. The fourth-order valence-corrected chi connectivity index (χ4v) is 3.13. The zero-order valence-electron chi connectivity index (χ0n) is 11.6. The molecule has 1 aromatic carbocycles. The first-order valence-electron chi connectivity index (χ1n) is 6.46. The summed E-state index contributed by atoms with van der Waals surface area (Å²) >= 11 is 7.78. The fraction of sp³-hybridized carbons (Fsp3) is 0.125. The molecular weight excluding hydrogens is 304 g/mol. The maximum Gasteiger partial charge on any atom is 0.153 e. The van der Waals surface area contributed by atoms with E-state index in [1.165, 1.54) is 4.88 Å². The lowest BCUT2D eigenvalue weighted by Gasteiger charge is -2.03. The minimum absolute atomic E-state index is 0.577. The van der Waals surface area contributed by atoms with Crippen LogP contribution in [0.2, 0.25) is 5.02 Å². The predicted octanol–water partition coefficient (Wildman–Crippen LogP) is 4.68. The molecule has 106 valence electrons. The second-order valence-electron chi connectivity index (χ2n) is 4.84. The number of hydrogen-bond acceptors (Lipinski definition) is 3. The molecule has 2 aromatic heterocycles. The molecule has 0 aliphatic carbocycles. The van der Waals surface area contributed by atoms with Gasteiger partial charge in [-0.15, -0.1) is 11.3 Å². The molecule has 0 aliphatic rings. The van der Waals surface area contributed by atoms with Crippen LogP contribution in [0.15, 0.2) is 36.5 Å². The van der Waals surface area contributed by atoms with E-state index in [2.05, 4.69) is 5.10 Å². The van der Waals surface area contributed by atoms with E-state index in [0.717, 1.165) is 22.4 Å². The Morgan fingerprint density at radius 1 is 1.24 bits per heavy atom. The Morgan fingerprint density at radius 2 is 2.05 bits per heavy atom. The summed E-state index contributed by atoms with van der Waals surface area (Å²) in [5, 5.41) is 5.23. The summed E-state index contributed by atoms with van der Waals surface area (Å²) in [4.78, 5) is 13.5. The molecule has 0 atom stereocenters. The normalized spacial score (nSPS) is 10.8. The molecule has 0 spiro atoms. The standard InChI is InChI=1S/C16H13ClN2OS/c1-10-3-5-13(7-14(10)17)19-8-12(9-20)16(18-19)15-6-4-11(2)21-15/h3-9H,1-2H3. The van der Waals surface area contributed by atoms with Gasteiger partial charge in [-0.1, -0.05) is 17.7 Å². The van der Waals surface area contributed by atoms with Crippen molar-refractivity contribution in [1.82, 2.24) is 9.78 Å². The van der Waals surface area contributed by atoms with E-state index in [0.29, 0.717) is 16.3 Å². The summed E-state index contributed by atoms with van der Waals surface area (Å²) in [5.41, 5.74) is 3.14. The summed E-state index contributed by atoms with van der Waals surface area (Å²) in [6.45, 7) is 3.98. The number of thiophene rings is 1. The highest BCUT2D eigenvalue weighted by molar-refractivity contribution is 7.15. The van der Waals surface area contributed by atoms with Gasteiger partial charge in [-0.25, -0.2) is 4.68 Å². The second-order valence-corrected chi connectivity index (χ2v) is 6.53. The molecule has 21 heavy (non-hydrogen) atoms. The van der Waals surface area contributed by atoms with Crippen LogP contribution in [-0.2, 0) is 0 Å². The maximum atomic E-state index is 11.3. The maximum absolute atomic E-state index is 11.3. The third-order valence-electron chi connectivity index (χ3n) is 3.26. The molecule has 0 radical (unpaired) electrons. The van der Waals surface area contributed by atoms with Crippen LogP contribution in [0.1, 0.15) is 20.8 Å². The van der Waals surface area contributed by atoms with E-state index in [1.54, 1.807) is 22.2 Å². The van der Waals surface area contributed by atoms with Crippen molar-refractivity contribution in [3.05, 3.63) is 57.6 Å². The lowest BCUT2D eigenvalue weighted by atomic mass is 10.2. The average molecular weight is 317 g/mol. The topological polar surface area (TPSA) is 34.9 Å². The van der Waals surface area contributed by atoms with Gasteiger partial charge in [-0.2, -0.15) is 5.10 Å². The molecule has 3 aromatic rings. The van der Waals surface area contributed by atoms with E-state index < -0.39 is 0 Å². The molecule has 3 nitrogen and oxygen atoms in total. The lowest BCUT2D eigenvalue weighted by Crippen LogP contribution is -1.95. The Balaban J connectivity index is 2.10. The average Bonchev–Trinajstić information content (AvgIpc) is 3.07. The number of rotatable bonds is 3. The molecule has 0 bridgehead atoms. The van der Waals surface area contributed by atoms with E-state index in [4.69, 9.17) is 11.6 Å². The van der Waals surface area contributed by atoms with E-state index >= 15 is 0 Å². The number of halogens is 1. The Kier molecular flexibility index (Phi) is 3.66. The van der Waals surface area contributed by atoms with Crippen LogP contribution in [0.3, 0.4) is 0 Å². The van der Waals surface area contributed by atoms with Crippen molar-refractivity contribution in [2.75, 3.05) is 0 Å². The minimum Gasteiger partial charge on any atom is -0.298 e. The third-order valence-corrected chi connectivity index (χ3v) is 4.68. The molecule has 5 heteroatoms. The number of hydrogen-bond donors (Lipinski definition) is 0. The van der Waals surface area contributed by atoms with Crippen LogP contribution >= 0.6 is 22.9 Å². The van der Waals surface area contributed by atoms with Gasteiger partial charge in [0.05, 0.1) is 16.1 Å². The van der Waals surface area contributed by atoms with Crippen molar-refractivity contribution in [2.24, 2.45) is 0 Å². The van der Waals surface area contributed by atoms with Crippen molar-refractivity contribution in [2.45, 2.75) is 13.8 Å². The Bertz CT molecular complexity index is 820. The smallest absolute Gasteiger partial charge is 0.153 e. The quantitative estimate of drug-likeness (QED) is 0.657. The Morgan fingerprint density at radius 3 is 2.67 bits per heavy atom. The van der Waals surface area contributed by atoms with Crippen molar-refractivity contribution in [3.63, 3.8) is 0 Å². The molecule has 0 unspecified atom stereocenters. The summed E-state index contributed by atoms with van der Waals surface area (Å²) in [6.07, 6.45) is 2.57. The van der Waals surface area contributed by atoms with Gasteiger partial charge in [0.1, 0.15) is 5.69 Å². The number of nitrogens with zero attached hydrogens (tertiary/aromatic N) is 2. The highest BCUT2D eigenvalue weighted by Gasteiger charge is 2.13. The van der Waals surface area contributed by atoms with Crippen LogP contribution in [0.5, 0.6) is 0 Å². The zero-order valence-corrected chi connectivity index (χ0v) is 13.2. The van der Waals surface area contributed by atoms with Crippen molar-refractivity contribution in [3.8, 4) is 16.3 Å². The van der Waals surface area contributed by atoms with Gasteiger partial charge in [-0.3, -0.25) is 4.79 Å². The van der Waals surface area contributed by atoms with Crippen LogP contribution < -0.4 is 0 Å². The van der Waals surface area contributed by atoms with Gasteiger partial charge < -0.3 is 0 Å². The number of carbonyl (C=O) groups excluding carboxylic acids is 1. The van der Waals surface area contributed by atoms with Gasteiger partial charge in [0.2, 0.25) is 0 Å². The molecule has 3 rings (SSSR count). The van der Waals surface area contributed by atoms with Crippen molar-refractivity contribution < 1.29 is 4.79 Å². The summed E-state index contributed by atoms with van der Waals surface area (Å²) < 4.78 is 1.69. The second kappa shape index (κ2) is 5.47. The number of aldehydes is 1. The van der Waals surface area contributed by atoms with Crippen LogP contribution in [0.4, 0.5) is 0 Å². The first-order chi connectivity index (χ1) is 10.1. The lowest BCUT2D eigenvalue weighted by molar-refractivity contribution is 0.112. The van der Waals surface area contributed by atoms with Gasteiger partial charge >= 0.3 is 0 Å². The monoisotopic (exact) mass is 316 g/mol. The molecule has 0 N–H and O–H groups in total. The molecule has 0 saturated heterocycles. The summed E-state index contributed by atoms with van der Waals surface area (Å²) in [6, 6.07) is 9.74. The summed E-state index contributed by atoms with van der Waals surface area (Å²) in [5.74, 6) is 0. The van der Waals surface area contributed by atoms with Crippen molar-refractivity contribution >= 4 is 29.2 Å². The zero-order chi connectivity index (χ0) is 15.0. The van der Waals surface area contributed by atoms with Gasteiger partial charge in [0.25, 0.3) is 0 Å². The highest BCUT2D eigenvalue weighted by atomic mass is 35.5. The van der Waals surface area contributed by atoms with Crippen molar-refractivity contribution in [1.29, 1.82) is 0 Å². The Hall–Kier alpha value is -1.91. The number of aromatic nitrogens is 2. The first kappa shape index (κ1) is 14.0. The molecule has 0 saturated carbocycles. The predicted molar refractivity (Wildman–Crippen MR) is 86.7 cm³/mol. The minimum atomic E-state index is 0.577. The molecular formula is C16H13ClN2OS. The van der Waals surface area contributed by atoms with Gasteiger partial charge in [0, 0.05) is 16.1 Å². The fourth-order valence-electron chi connectivity index (χ4n) is 2.08. The van der Waals surface area contributed by atoms with E-state index in [1.807, 2.05) is 44.2 Å². The SMILES string of the molecule is Cc1ccc(-c2nn(-c3ccc(C)c(Cl)c3)cc2C=O)s1. The Labute approximate surface area is 131 Å². The van der Waals surface area contributed by atoms with E-state index in [9.17, 15) is 4.79 Å².